The van der Waals surface area contributed by atoms with Crippen LogP contribution in [0.5, 0.6) is 0 Å². The fourth-order valence-electron chi connectivity index (χ4n) is 9.10. The van der Waals surface area contributed by atoms with E-state index in [4.69, 9.17) is 8.83 Å². The zero-order valence-corrected chi connectivity index (χ0v) is 32.0. The molecule has 0 saturated heterocycles. The van der Waals surface area contributed by atoms with Crippen LogP contribution in [0.4, 0.5) is 17.1 Å². The number of para-hydroxylation sites is 2. The molecule has 59 heavy (non-hydrogen) atoms. The molecule has 0 spiro atoms. The molecule has 276 valence electrons. The first-order chi connectivity index (χ1) is 29.2. The molecule has 0 radical (unpaired) electrons. The molecule has 0 unspecified atom stereocenters. The lowest BCUT2D eigenvalue weighted by Crippen LogP contribution is -2.12. The van der Waals surface area contributed by atoms with E-state index in [1.807, 2.05) is 18.2 Å². The fourth-order valence-corrected chi connectivity index (χ4v) is 9.10. The van der Waals surface area contributed by atoms with Crippen molar-refractivity contribution in [2.75, 3.05) is 4.90 Å². The number of nitrogens with zero attached hydrogens (tertiary/aromatic N) is 1. The van der Waals surface area contributed by atoms with Crippen LogP contribution >= 0.6 is 0 Å². The molecular weight excluding hydrogens is 719 g/mol. The smallest absolute Gasteiger partial charge is 0.137 e. The van der Waals surface area contributed by atoms with Gasteiger partial charge in [0.05, 0.1) is 16.8 Å². The van der Waals surface area contributed by atoms with Gasteiger partial charge in [0.1, 0.15) is 22.3 Å². The van der Waals surface area contributed by atoms with Crippen LogP contribution in [0, 0.1) is 0 Å². The number of anilines is 3. The highest BCUT2D eigenvalue weighted by Gasteiger charge is 2.23. The molecule has 3 nitrogen and oxygen atoms in total. The van der Waals surface area contributed by atoms with Gasteiger partial charge in [-0.1, -0.05) is 158 Å². The maximum atomic E-state index is 6.51. The Morgan fingerprint density at radius 1 is 0.288 bits per heavy atom. The second-order valence-corrected chi connectivity index (χ2v) is 15.2. The first-order valence-corrected chi connectivity index (χ1v) is 20.1. The second kappa shape index (κ2) is 13.4. The van der Waals surface area contributed by atoms with Crippen LogP contribution in [0.3, 0.4) is 0 Å². The average molecular weight is 754 g/mol. The van der Waals surface area contributed by atoms with Gasteiger partial charge in [0.15, 0.2) is 0 Å². The molecule has 0 atom stereocenters. The zero-order valence-electron chi connectivity index (χ0n) is 32.0. The average Bonchev–Trinajstić information content (AvgIpc) is 3.88. The fraction of sp³-hybridized carbons (Fsp3) is 0. The number of rotatable bonds is 6. The van der Waals surface area contributed by atoms with E-state index in [1.165, 1.54) is 27.1 Å². The number of furan rings is 2. The predicted octanol–water partition coefficient (Wildman–Crippen LogP) is 16.3. The van der Waals surface area contributed by atoms with Crippen molar-refractivity contribution in [1.82, 2.24) is 0 Å². The summed E-state index contributed by atoms with van der Waals surface area (Å²) in [6, 6.07) is 76.0. The Bertz CT molecular complexity index is 3560. The summed E-state index contributed by atoms with van der Waals surface area (Å²) >= 11 is 0. The quantitative estimate of drug-likeness (QED) is 0.158. The lowest BCUT2D eigenvalue weighted by atomic mass is 9.92. The minimum atomic E-state index is 0.851. The maximum absolute atomic E-state index is 6.51. The zero-order chi connectivity index (χ0) is 38.9. The van der Waals surface area contributed by atoms with Gasteiger partial charge in [-0.3, -0.25) is 0 Å². The molecule has 2 aromatic heterocycles. The molecule has 2 heterocycles. The predicted molar refractivity (Wildman–Crippen MR) is 247 cm³/mol. The van der Waals surface area contributed by atoms with Gasteiger partial charge in [0.25, 0.3) is 0 Å². The van der Waals surface area contributed by atoms with E-state index in [0.717, 1.165) is 88.8 Å². The molecule has 12 rings (SSSR count). The van der Waals surface area contributed by atoms with E-state index in [-0.39, 0.29) is 0 Å². The van der Waals surface area contributed by atoms with Crippen LogP contribution < -0.4 is 4.90 Å². The van der Waals surface area contributed by atoms with Crippen LogP contribution in [0.2, 0.25) is 0 Å². The van der Waals surface area contributed by atoms with Crippen LogP contribution in [0.25, 0.3) is 98.8 Å². The van der Waals surface area contributed by atoms with E-state index in [1.54, 1.807) is 0 Å². The SMILES string of the molecule is c1ccc(-c2ccc(-c3cccc4c3ccc3ccccc34)cc2N(c2ccc(-c3ccc4oc5ccccc5c4c3)cc2)c2cccc3oc4ccccc4c23)cc1. The van der Waals surface area contributed by atoms with E-state index >= 15 is 0 Å². The molecule has 0 aliphatic rings. The molecule has 3 heteroatoms. The summed E-state index contributed by atoms with van der Waals surface area (Å²) in [7, 11) is 0. The van der Waals surface area contributed by atoms with Gasteiger partial charge in [-0.15, -0.1) is 0 Å². The molecular formula is C56H35NO2. The van der Waals surface area contributed by atoms with Crippen molar-refractivity contribution < 1.29 is 8.83 Å². The number of hydrogen-bond acceptors (Lipinski definition) is 3. The lowest BCUT2D eigenvalue weighted by Gasteiger charge is -2.29. The molecule has 0 aliphatic heterocycles. The molecule has 12 aromatic rings. The van der Waals surface area contributed by atoms with E-state index < -0.39 is 0 Å². The molecule has 10 aromatic carbocycles. The largest absolute Gasteiger partial charge is 0.456 e. The Labute approximate surface area is 340 Å². The Kier molecular flexibility index (Phi) is 7.54. The Hall–Kier alpha value is -7.88. The van der Waals surface area contributed by atoms with Gasteiger partial charge in [-0.05, 0) is 104 Å². The highest BCUT2D eigenvalue weighted by atomic mass is 16.3. The van der Waals surface area contributed by atoms with Crippen molar-refractivity contribution in [3.05, 3.63) is 212 Å². The monoisotopic (exact) mass is 753 g/mol. The van der Waals surface area contributed by atoms with Gasteiger partial charge in [-0.25, -0.2) is 0 Å². The first-order valence-electron chi connectivity index (χ1n) is 20.1. The third kappa shape index (κ3) is 5.44. The third-order valence-electron chi connectivity index (χ3n) is 11.9. The summed E-state index contributed by atoms with van der Waals surface area (Å²) in [5, 5.41) is 9.38. The first kappa shape index (κ1) is 33.3. The van der Waals surface area contributed by atoms with Crippen molar-refractivity contribution in [3.8, 4) is 33.4 Å². The summed E-state index contributed by atoms with van der Waals surface area (Å²) in [6.45, 7) is 0. The Morgan fingerprint density at radius 2 is 0.932 bits per heavy atom. The Balaban J connectivity index is 1.10. The molecule has 0 amide bonds. The summed E-state index contributed by atoms with van der Waals surface area (Å²) < 4.78 is 12.7. The molecule has 0 fully saturated rings. The van der Waals surface area contributed by atoms with Crippen LogP contribution in [-0.4, -0.2) is 0 Å². The van der Waals surface area contributed by atoms with E-state index in [2.05, 4.69) is 199 Å². The lowest BCUT2D eigenvalue weighted by molar-refractivity contribution is 0.668. The van der Waals surface area contributed by atoms with Crippen molar-refractivity contribution >= 4 is 82.5 Å². The topological polar surface area (TPSA) is 29.5 Å². The third-order valence-corrected chi connectivity index (χ3v) is 11.9. The van der Waals surface area contributed by atoms with Crippen molar-refractivity contribution in [2.45, 2.75) is 0 Å². The summed E-state index contributed by atoms with van der Waals surface area (Å²) in [5.41, 5.74) is 13.6. The van der Waals surface area contributed by atoms with Crippen LogP contribution in [0.15, 0.2) is 221 Å². The van der Waals surface area contributed by atoms with Gasteiger partial charge < -0.3 is 13.7 Å². The van der Waals surface area contributed by atoms with Crippen molar-refractivity contribution in [3.63, 3.8) is 0 Å². The van der Waals surface area contributed by atoms with E-state index in [0.29, 0.717) is 0 Å². The highest BCUT2D eigenvalue weighted by molar-refractivity contribution is 6.15. The standard InChI is InChI=1S/C56H35NO2/c1-2-12-37(13-3-1)44-31-27-40(43-18-10-19-45-42-15-5-4-14-38(42)26-32-46(43)45)35-51(44)57(50-20-11-23-55-56(50)48-17-7-9-22-53(48)59-55)41-29-24-36(25-30-41)39-28-33-54-49(34-39)47-16-6-8-21-52(47)58-54/h1-35H. The van der Waals surface area contributed by atoms with Gasteiger partial charge in [0.2, 0.25) is 0 Å². The van der Waals surface area contributed by atoms with Crippen LogP contribution in [-0.2, 0) is 0 Å². The normalized spacial score (nSPS) is 11.7. The van der Waals surface area contributed by atoms with Gasteiger partial charge in [-0.2, -0.15) is 0 Å². The summed E-state index contributed by atoms with van der Waals surface area (Å²) in [5.74, 6) is 0. The summed E-state index contributed by atoms with van der Waals surface area (Å²) in [4.78, 5) is 2.42. The van der Waals surface area contributed by atoms with Crippen molar-refractivity contribution in [2.24, 2.45) is 0 Å². The minimum absolute atomic E-state index is 0.851. The molecule has 0 aliphatic carbocycles. The van der Waals surface area contributed by atoms with Gasteiger partial charge in [0, 0.05) is 27.4 Å². The Morgan fingerprint density at radius 3 is 1.80 bits per heavy atom. The van der Waals surface area contributed by atoms with E-state index in [9.17, 15) is 0 Å². The molecule has 0 N–H and O–H groups in total. The highest BCUT2D eigenvalue weighted by Crippen LogP contribution is 2.48. The van der Waals surface area contributed by atoms with Gasteiger partial charge >= 0.3 is 0 Å². The minimum Gasteiger partial charge on any atom is -0.456 e. The number of hydrogen-bond donors (Lipinski definition) is 0. The summed E-state index contributed by atoms with van der Waals surface area (Å²) in [6.07, 6.45) is 0. The molecule has 0 saturated carbocycles. The maximum Gasteiger partial charge on any atom is 0.137 e. The second-order valence-electron chi connectivity index (χ2n) is 15.2. The van der Waals surface area contributed by atoms with Crippen LogP contribution in [0.1, 0.15) is 0 Å². The molecule has 0 bridgehead atoms. The number of fused-ring (bicyclic) bond motifs is 9. The number of benzene rings is 10. The van der Waals surface area contributed by atoms with Crippen molar-refractivity contribution in [1.29, 1.82) is 0 Å².